The van der Waals surface area contributed by atoms with Crippen LogP contribution in [0.5, 0.6) is 0 Å². The quantitative estimate of drug-likeness (QED) is 0.622. The highest BCUT2D eigenvalue weighted by atomic mass is 19.1. The van der Waals surface area contributed by atoms with E-state index in [0.29, 0.717) is 41.4 Å². The van der Waals surface area contributed by atoms with Gasteiger partial charge in [-0.05, 0) is 31.9 Å². The average Bonchev–Trinajstić information content (AvgIpc) is 3.28. The maximum absolute atomic E-state index is 13.5. The van der Waals surface area contributed by atoms with Crippen molar-refractivity contribution in [2.45, 2.75) is 25.7 Å². The normalized spacial score (nSPS) is 16.1. The summed E-state index contributed by atoms with van der Waals surface area (Å²) in [4.78, 5) is 37.4. The van der Waals surface area contributed by atoms with Crippen LogP contribution < -0.4 is 0 Å². The third kappa shape index (κ3) is 4.37. The molecule has 4 rings (SSSR count). The molecule has 32 heavy (non-hydrogen) atoms. The number of carbonyl (C=O) groups is 2. The third-order valence-corrected chi connectivity index (χ3v) is 5.55. The van der Waals surface area contributed by atoms with Gasteiger partial charge in [-0.15, -0.1) is 0 Å². The molecule has 0 radical (unpaired) electrons. The van der Waals surface area contributed by atoms with Gasteiger partial charge in [-0.1, -0.05) is 17.3 Å². The zero-order valence-corrected chi connectivity index (χ0v) is 18.2. The van der Waals surface area contributed by atoms with Crippen molar-refractivity contribution in [2.24, 2.45) is 0 Å². The van der Waals surface area contributed by atoms with Crippen LogP contribution in [-0.4, -0.2) is 63.9 Å². The molecule has 0 N–H and O–H groups in total. The largest absolute Gasteiger partial charge is 0.350 e. The van der Waals surface area contributed by atoms with Crippen molar-refractivity contribution < 1.29 is 18.5 Å². The van der Waals surface area contributed by atoms with E-state index >= 15 is 0 Å². The second kappa shape index (κ2) is 8.86. The summed E-state index contributed by atoms with van der Waals surface area (Å²) in [6.07, 6.45) is 3.19. The fourth-order valence-electron chi connectivity index (χ4n) is 3.82. The Hall–Kier alpha value is -3.62. The zero-order valence-electron chi connectivity index (χ0n) is 18.2. The summed E-state index contributed by atoms with van der Waals surface area (Å²) < 4.78 is 18.7. The molecular weight excluding hydrogens is 413 g/mol. The standard InChI is InChI=1S/C23H24FN5O3/c1-14-18(22(30)28(2)3)12-25-21(26-14)16-7-5-9-29(13-16)23(31)20-11-19(27-32-20)15-6-4-8-17(24)10-15/h4,6,8,10-12,16H,5,7,9,13H2,1-3H3/t16-/m0/s1. The van der Waals surface area contributed by atoms with Crippen molar-refractivity contribution in [3.05, 3.63) is 65.2 Å². The fraction of sp³-hybridized carbons (Fsp3) is 0.348. The first-order chi connectivity index (χ1) is 15.3. The van der Waals surface area contributed by atoms with Crippen molar-refractivity contribution >= 4 is 11.8 Å². The fourth-order valence-corrected chi connectivity index (χ4v) is 3.82. The van der Waals surface area contributed by atoms with E-state index in [-0.39, 0.29) is 29.3 Å². The molecule has 2 aromatic heterocycles. The van der Waals surface area contributed by atoms with Crippen molar-refractivity contribution in [1.82, 2.24) is 24.9 Å². The highest BCUT2D eigenvalue weighted by Gasteiger charge is 2.30. The molecule has 1 aliphatic heterocycles. The lowest BCUT2D eigenvalue weighted by Crippen LogP contribution is -2.39. The zero-order chi connectivity index (χ0) is 22.8. The van der Waals surface area contributed by atoms with Crippen molar-refractivity contribution in [3.8, 4) is 11.3 Å². The summed E-state index contributed by atoms with van der Waals surface area (Å²) >= 11 is 0. The number of aromatic nitrogens is 3. The Balaban J connectivity index is 1.49. The maximum atomic E-state index is 13.5. The Kier molecular flexibility index (Phi) is 5.98. The Labute approximate surface area is 185 Å². The lowest BCUT2D eigenvalue weighted by molar-refractivity contribution is 0.0662. The van der Waals surface area contributed by atoms with E-state index in [4.69, 9.17) is 4.52 Å². The number of amides is 2. The van der Waals surface area contributed by atoms with Gasteiger partial charge in [-0.25, -0.2) is 14.4 Å². The van der Waals surface area contributed by atoms with E-state index in [2.05, 4.69) is 15.1 Å². The van der Waals surface area contributed by atoms with E-state index in [9.17, 15) is 14.0 Å². The van der Waals surface area contributed by atoms with Gasteiger partial charge in [0, 0.05) is 50.9 Å². The maximum Gasteiger partial charge on any atom is 0.292 e. The van der Waals surface area contributed by atoms with Crippen LogP contribution in [0, 0.1) is 12.7 Å². The average molecular weight is 437 g/mol. The molecule has 0 unspecified atom stereocenters. The molecular formula is C23H24FN5O3. The van der Waals surface area contributed by atoms with E-state index in [1.807, 2.05) is 0 Å². The second-order valence-corrected chi connectivity index (χ2v) is 8.10. The van der Waals surface area contributed by atoms with Crippen LogP contribution in [-0.2, 0) is 0 Å². The minimum absolute atomic E-state index is 0.0412. The predicted molar refractivity (Wildman–Crippen MR) is 115 cm³/mol. The second-order valence-electron chi connectivity index (χ2n) is 8.10. The molecule has 1 saturated heterocycles. The predicted octanol–water partition coefficient (Wildman–Crippen LogP) is 3.30. The van der Waals surface area contributed by atoms with Crippen molar-refractivity contribution in [2.75, 3.05) is 27.2 Å². The Bertz CT molecular complexity index is 1160. The number of rotatable bonds is 4. The Morgan fingerprint density at radius 3 is 2.78 bits per heavy atom. The van der Waals surface area contributed by atoms with Crippen molar-refractivity contribution in [3.63, 3.8) is 0 Å². The number of benzene rings is 1. The molecule has 9 heteroatoms. The molecule has 166 valence electrons. The molecule has 0 bridgehead atoms. The first-order valence-corrected chi connectivity index (χ1v) is 10.4. The topological polar surface area (TPSA) is 92.4 Å². The lowest BCUT2D eigenvalue weighted by Gasteiger charge is -2.31. The summed E-state index contributed by atoms with van der Waals surface area (Å²) in [7, 11) is 3.37. The van der Waals surface area contributed by atoms with Crippen LogP contribution >= 0.6 is 0 Å². The molecule has 8 nitrogen and oxygen atoms in total. The highest BCUT2D eigenvalue weighted by molar-refractivity contribution is 5.94. The number of halogens is 1. The van der Waals surface area contributed by atoms with Gasteiger partial charge in [-0.3, -0.25) is 9.59 Å². The smallest absolute Gasteiger partial charge is 0.292 e. The van der Waals surface area contributed by atoms with Gasteiger partial charge in [0.25, 0.3) is 11.8 Å². The summed E-state index contributed by atoms with van der Waals surface area (Å²) in [5.41, 5.74) is 2.03. The van der Waals surface area contributed by atoms with Gasteiger partial charge in [0.2, 0.25) is 5.76 Å². The van der Waals surface area contributed by atoms with Crippen LogP contribution in [0.3, 0.4) is 0 Å². The van der Waals surface area contributed by atoms with Crippen LogP contribution in [0.1, 0.15) is 51.2 Å². The number of nitrogens with zero attached hydrogens (tertiary/aromatic N) is 5. The Morgan fingerprint density at radius 1 is 1.25 bits per heavy atom. The van der Waals surface area contributed by atoms with E-state index in [1.165, 1.54) is 23.1 Å². The summed E-state index contributed by atoms with van der Waals surface area (Å²) in [5.74, 6) is -0.122. The van der Waals surface area contributed by atoms with Gasteiger partial charge < -0.3 is 14.3 Å². The van der Waals surface area contributed by atoms with Crippen molar-refractivity contribution in [1.29, 1.82) is 0 Å². The van der Waals surface area contributed by atoms with E-state index in [1.54, 1.807) is 44.2 Å². The van der Waals surface area contributed by atoms with E-state index < -0.39 is 0 Å². The van der Waals surface area contributed by atoms with Gasteiger partial charge in [0.05, 0.1) is 11.3 Å². The number of carbonyl (C=O) groups excluding carboxylic acids is 2. The SMILES string of the molecule is Cc1nc([C@H]2CCCN(C(=O)c3cc(-c4cccc(F)c4)no3)C2)ncc1C(=O)N(C)C. The molecule has 0 saturated carbocycles. The molecule has 0 aliphatic carbocycles. The van der Waals surface area contributed by atoms with Gasteiger partial charge in [0.15, 0.2) is 0 Å². The highest BCUT2D eigenvalue weighted by Crippen LogP contribution is 2.27. The minimum Gasteiger partial charge on any atom is -0.350 e. The number of piperidine rings is 1. The first kappa shape index (κ1) is 21.6. The number of hydrogen-bond acceptors (Lipinski definition) is 6. The monoisotopic (exact) mass is 437 g/mol. The first-order valence-electron chi connectivity index (χ1n) is 10.4. The molecule has 3 heterocycles. The van der Waals surface area contributed by atoms with E-state index in [0.717, 1.165) is 12.8 Å². The van der Waals surface area contributed by atoms with Crippen LogP contribution in [0.2, 0.25) is 0 Å². The lowest BCUT2D eigenvalue weighted by atomic mass is 9.96. The molecule has 2 amide bonds. The van der Waals surface area contributed by atoms with Gasteiger partial charge in [0.1, 0.15) is 17.3 Å². The minimum atomic E-state index is -0.383. The number of likely N-dealkylation sites (tertiary alicyclic amines) is 1. The molecule has 3 aromatic rings. The molecule has 0 spiro atoms. The summed E-state index contributed by atoms with van der Waals surface area (Å²) in [6, 6.07) is 7.50. The number of hydrogen-bond donors (Lipinski definition) is 0. The third-order valence-electron chi connectivity index (χ3n) is 5.55. The molecule has 1 aromatic carbocycles. The molecule has 1 atom stereocenters. The number of aryl methyl sites for hydroxylation is 1. The van der Waals surface area contributed by atoms with Crippen LogP contribution in [0.4, 0.5) is 4.39 Å². The van der Waals surface area contributed by atoms with Crippen LogP contribution in [0.15, 0.2) is 41.1 Å². The summed E-state index contributed by atoms with van der Waals surface area (Å²) in [6.45, 7) is 2.81. The van der Waals surface area contributed by atoms with Gasteiger partial charge in [-0.2, -0.15) is 0 Å². The molecule has 1 fully saturated rings. The Morgan fingerprint density at radius 2 is 2.06 bits per heavy atom. The molecule has 1 aliphatic rings. The summed E-state index contributed by atoms with van der Waals surface area (Å²) in [5, 5.41) is 3.92. The van der Waals surface area contributed by atoms with Crippen LogP contribution in [0.25, 0.3) is 11.3 Å². The van der Waals surface area contributed by atoms with Gasteiger partial charge >= 0.3 is 0 Å².